The molecule has 1 unspecified atom stereocenters. The van der Waals surface area contributed by atoms with Crippen molar-refractivity contribution >= 4 is 23.4 Å². The van der Waals surface area contributed by atoms with Crippen molar-refractivity contribution in [1.29, 1.82) is 0 Å². The van der Waals surface area contributed by atoms with Crippen molar-refractivity contribution < 1.29 is 14.3 Å². The van der Waals surface area contributed by atoms with E-state index < -0.39 is 0 Å². The molecule has 0 aliphatic carbocycles. The van der Waals surface area contributed by atoms with Gasteiger partial charge in [-0.15, -0.1) is 0 Å². The van der Waals surface area contributed by atoms with Gasteiger partial charge in [0.05, 0.1) is 6.54 Å². The molecule has 2 amide bonds. The second-order valence-corrected chi connectivity index (χ2v) is 6.50. The minimum absolute atomic E-state index is 0.0550. The van der Waals surface area contributed by atoms with Gasteiger partial charge in [-0.3, -0.25) is 9.59 Å². The summed E-state index contributed by atoms with van der Waals surface area (Å²) >= 11 is 5.90. The Morgan fingerprint density at radius 3 is 2.58 bits per heavy atom. The third kappa shape index (κ3) is 6.41. The number of nitrogens with one attached hydrogen (secondary N) is 1. The second-order valence-electron chi connectivity index (χ2n) is 6.07. The molecule has 0 aromatic heterocycles. The van der Waals surface area contributed by atoms with E-state index in [1.807, 2.05) is 25.1 Å². The molecule has 5 nitrogen and oxygen atoms in total. The highest BCUT2D eigenvalue weighted by atomic mass is 35.5. The average molecular weight is 375 g/mol. The van der Waals surface area contributed by atoms with Crippen molar-refractivity contribution in [2.24, 2.45) is 0 Å². The Balaban J connectivity index is 1.73. The minimum Gasteiger partial charge on any atom is -0.492 e. The van der Waals surface area contributed by atoms with E-state index in [1.54, 1.807) is 48.3 Å². The maximum Gasteiger partial charge on any atom is 0.251 e. The lowest BCUT2D eigenvalue weighted by Crippen LogP contribution is -2.39. The summed E-state index contributed by atoms with van der Waals surface area (Å²) in [7, 11) is 1.72. The van der Waals surface area contributed by atoms with Crippen LogP contribution in [0.25, 0.3) is 0 Å². The number of halogens is 1. The SMILES string of the molecule is CC(CC(=O)N(C)CCOc1cccc(Cl)c1)NC(=O)c1ccccc1. The van der Waals surface area contributed by atoms with Crippen molar-refractivity contribution in [3.63, 3.8) is 0 Å². The third-order valence-electron chi connectivity index (χ3n) is 3.81. The van der Waals surface area contributed by atoms with Crippen molar-refractivity contribution in [2.75, 3.05) is 20.2 Å². The van der Waals surface area contributed by atoms with Crippen LogP contribution in [0.15, 0.2) is 54.6 Å². The Kier molecular flexibility index (Phi) is 7.48. The Morgan fingerprint density at radius 2 is 1.88 bits per heavy atom. The standard InChI is InChI=1S/C20H23ClN2O3/c1-15(22-20(25)16-7-4-3-5-8-16)13-19(24)23(2)11-12-26-18-10-6-9-17(21)14-18/h3-10,14-15H,11-13H2,1-2H3,(H,22,25). The summed E-state index contributed by atoms with van der Waals surface area (Å²) in [6, 6.07) is 15.8. The summed E-state index contributed by atoms with van der Waals surface area (Å²) in [4.78, 5) is 26.0. The molecule has 0 saturated carbocycles. The fourth-order valence-electron chi connectivity index (χ4n) is 2.35. The molecular formula is C20H23ClN2O3. The van der Waals surface area contributed by atoms with Crippen LogP contribution in [0, 0.1) is 0 Å². The number of hydrogen-bond acceptors (Lipinski definition) is 3. The zero-order valence-electron chi connectivity index (χ0n) is 14.9. The molecule has 1 atom stereocenters. The topological polar surface area (TPSA) is 58.6 Å². The van der Waals surface area contributed by atoms with Gasteiger partial charge in [-0.25, -0.2) is 0 Å². The van der Waals surface area contributed by atoms with Gasteiger partial charge < -0.3 is 15.0 Å². The summed E-state index contributed by atoms with van der Waals surface area (Å²) in [6.45, 7) is 2.63. The number of likely N-dealkylation sites (N-methyl/N-ethyl adjacent to an activating group) is 1. The molecule has 26 heavy (non-hydrogen) atoms. The summed E-state index contributed by atoms with van der Waals surface area (Å²) in [5.74, 6) is 0.431. The number of ether oxygens (including phenoxy) is 1. The van der Waals surface area contributed by atoms with Gasteiger partial charge in [0, 0.05) is 30.1 Å². The summed E-state index contributed by atoms with van der Waals surface area (Å²) < 4.78 is 5.59. The van der Waals surface area contributed by atoms with Crippen LogP contribution >= 0.6 is 11.6 Å². The van der Waals surface area contributed by atoms with Gasteiger partial charge in [-0.05, 0) is 37.3 Å². The number of nitrogens with zero attached hydrogens (tertiary/aromatic N) is 1. The van der Waals surface area contributed by atoms with Crippen molar-refractivity contribution in [3.05, 3.63) is 65.2 Å². The van der Waals surface area contributed by atoms with Crippen LogP contribution in [0.1, 0.15) is 23.7 Å². The van der Waals surface area contributed by atoms with E-state index >= 15 is 0 Å². The molecular weight excluding hydrogens is 352 g/mol. The van der Waals surface area contributed by atoms with E-state index in [0.717, 1.165) is 0 Å². The smallest absolute Gasteiger partial charge is 0.251 e. The highest BCUT2D eigenvalue weighted by Crippen LogP contribution is 2.16. The van der Waals surface area contributed by atoms with Crippen LogP contribution in [-0.4, -0.2) is 43.0 Å². The molecule has 0 bridgehead atoms. The first-order valence-electron chi connectivity index (χ1n) is 8.44. The molecule has 0 radical (unpaired) electrons. The Morgan fingerprint density at radius 1 is 1.15 bits per heavy atom. The zero-order valence-corrected chi connectivity index (χ0v) is 15.7. The first-order chi connectivity index (χ1) is 12.5. The van der Waals surface area contributed by atoms with E-state index in [9.17, 15) is 9.59 Å². The number of carbonyl (C=O) groups is 2. The lowest BCUT2D eigenvalue weighted by molar-refractivity contribution is -0.130. The number of rotatable bonds is 8. The molecule has 1 N–H and O–H groups in total. The van der Waals surface area contributed by atoms with Crippen LogP contribution < -0.4 is 10.1 Å². The molecule has 2 rings (SSSR count). The first-order valence-corrected chi connectivity index (χ1v) is 8.81. The average Bonchev–Trinajstić information content (AvgIpc) is 2.62. The Hall–Kier alpha value is -2.53. The van der Waals surface area contributed by atoms with Crippen molar-refractivity contribution in [3.8, 4) is 5.75 Å². The first kappa shape index (κ1) is 19.8. The highest BCUT2D eigenvalue weighted by molar-refractivity contribution is 6.30. The van der Waals surface area contributed by atoms with Gasteiger partial charge in [-0.2, -0.15) is 0 Å². The lowest BCUT2D eigenvalue weighted by Gasteiger charge is -2.20. The molecule has 0 heterocycles. The largest absolute Gasteiger partial charge is 0.492 e. The van der Waals surface area contributed by atoms with Gasteiger partial charge in [0.1, 0.15) is 12.4 Å². The molecule has 0 aliphatic rings. The number of hydrogen-bond donors (Lipinski definition) is 1. The fraction of sp³-hybridized carbons (Fsp3) is 0.300. The Labute approximate surface area is 158 Å². The summed E-state index contributed by atoms with van der Waals surface area (Å²) in [5.41, 5.74) is 0.579. The fourth-order valence-corrected chi connectivity index (χ4v) is 2.53. The molecule has 2 aromatic rings. The van der Waals surface area contributed by atoms with Gasteiger partial charge in [0.15, 0.2) is 0 Å². The van der Waals surface area contributed by atoms with Crippen molar-refractivity contribution in [2.45, 2.75) is 19.4 Å². The Bertz CT molecular complexity index is 737. The molecule has 6 heteroatoms. The number of benzene rings is 2. The van der Waals surface area contributed by atoms with Gasteiger partial charge >= 0.3 is 0 Å². The van der Waals surface area contributed by atoms with Gasteiger partial charge in [0.2, 0.25) is 5.91 Å². The minimum atomic E-state index is -0.258. The van der Waals surface area contributed by atoms with E-state index in [1.165, 1.54) is 0 Å². The molecule has 0 aliphatic heterocycles. The number of carbonyl (C=O) groups excluding carboxylic acids is 2. The molecule has 0 saturated heterocycles. The van der Waals surface area contributed by atoms with E-state index in [-0.39, 0.29) is 24.3 Å². The van der Waals surface area contributed by atoms with E-state index in [2.05, 4.69) is 5.32 Å². The molecule has 138 valence electrons. The van der Waals surface area contributed by atoms with Crippen LogP contribution in [0.4, 0.5) is 0 Å². The zero-order chi connectivity index (χ0) is 18.9. The maximum atomic E-state index is 12.3. The van der Waals surface area contributed by atoms with Crippen LogP contribution in [0.2, 0.25) is 5.02 Å². The highest BCUT2D eigenvalue weighted by Gasteiger charge is 2.16. The number of amides is 2. The monoisotopic (exact) mass is 374 g/mol. The van der Waals surface area contributed by atoms with Crippen LogP contribution in [-0.2, 0) is 4.79 Å². The second kappa shape index (κ2) is 9.82. The van der Waals surface area contributed by atoms with Gasteiger partial charge in [0.25, 0.3) is 5.91 Å². The molecule has 2 aromatic carbocycles. The third-order valence-corrected chi connectivity index (χ3v) is 4.05. The summed E-state index contributed by atoms with van der Waals surface area (Å²) in [6.07, 6.45) is 0.228. The van der Waals surface area contributed by atoms with E-state index in [0.29, 0.717) is 29.5 Å². The van der Waals surface area contributed by atoms with Crippen LogP contribution in [0.3, 0.4) is 0 Å². The van der Waals surface area contributed by atoms with E-state index in [4.69, 9.17) is 16.3 Å². The summed E-state index contributed by atoms with van der Waals surface area (Å²) in [5, 5.41) is 3.44. The van der Waals surface area contributed by atoms with Gasteiger partial charge in [-0.1, -0.05) is 35.9 Å². The molecule has 0 spiro atoms. The predicted molar refractivity (Wildman–Crippen MR) is 103 cm³/mol. The normalized spacial score (nSPS) is 11.5. The quantitative estimate of drug-likeness (QED) is 0.770. The molecule has 0 fully saturated rings. The van der Waals surface area contributed by atoms with Crippen molar-refractivity contribution in [1.82, 2.24) is 10.2 Å². The van der Waals surface area contributed by atoms with Crippen LogP contribution in [0.5, 0.6) is 5.75 Å². The lowest BCUT2D eigenvalue weighted by atomic mass is 10.1. The predicted octanol–water partition coefficient (Wildman–Crippen LogP) is 3.39. The maximum absolute atomic E-state index is 12.3.